The molecule has 1 aromatic heterocycles. The summed E-state index contributed by atoms with van der Waals surface area (Å²) < 4.78 is 1.39. The van der Waals surface area contributed by atoms with Gasteiger partial charge in [0.15, 0.2) is 11.4 Å². The predicted molar refractivity (Wildman–Crippen MR) is 75.4 cm³/mol. The van der Waals surface area contributed by atoms with Gasteiger partial charge in [0, 0.05) is 19.8 Å². The third kappa shape index (κ3) is 2.40. The fourth-order valence-electron chi connectivity index (χ4n) is 1.89. The maximum absolute atomic E-state index is 12.2. The van der Waals surface area contributed by atoms with E-state index in [2.05, 4.69) is 4.98 Å². The van der Waals surface area contributed by atoms with Crippen LogP contribution in [0.15, 0.2) is 24.5 Å². The highest BCUT2D eigenvalue weighted by Crippen LogP contribution is 2.22. The van der Waals surface area contributed by atoms with Gasteiger partial charge in [-0.15, -0.1) is 0 Å². The van der Waals surface area contributed by atoms with Crippen molar-refractivity contribution < 1.29 is 4.79 Å². The number of nitrogens with two attached hydrogens (primary N) is 1. The number of nitrogens with zero attached hydrogens (tertiary/aromatic N) is 5. The van der Waals surface area contributed by atoms with Crippen molar-refractivity contribution >= 4 is 11.6 Å². The largest absolute Gasteiger partial charge is 0.399 e. The SMILES string of the molecule is CN(C)C(=O)c1ccc(N)cc1-n1cnc(C#N)c1C#N. The average Bonchev–Trinajstić information content (AvgIpc) is 2.88. The maximum Gasteiger partial charge on any atom is 0.255 e. The molecule has 2 aromatic rings. The summed E-state index contributed by atoms with van der Waals surface area (Å²) in [6.45, 7) is 0. The molecule has 2 rings (SSSR count). The first-order valence-electron chi connectivity index (χ1n) is 5.98. The highest BCUT2D eigenvalue weighted by atomic mass is 16.2. The second kappa shape index (κ2) is 5.35. The Bertz CT molecular complexity index is 791. The Kier molecular flexibility index (Phi) is 3.59. The average molecular weight is 280 g/mol. The van der Waals surface area contributed by atoms with Crippen LogP contribution in [0.25, 0.3) is 5.69 Å². The molecule has 0 saturated carbocycles. The summed E-state index contributed by atoms with van der Waals surface area (Å²) in [6, 6.07) is 8.52. The number of carbonyl (C=O) groups is 1. The van der Waals surface area contributed by atoms with Crippen molar-refractivity contribution in [2.75, 3.05) is 19.8 Å². The molecule has 21 heavy (non-hydrogen) atoms. The van der Waals surface area contributed by atoms with Gasteiger partial charge in [-0.3, -0.25) is 9.36 Å². The third-order valence-corrected chi connectivity index (χ3v) is 2.90. The number of carbonyl (C=O) groups excluding carboxylic acids is 1. The Labute approximate surface area is 121 Å². The number of amides is 1. The van der Waals surface area contributed by atoms with E-state index in [1.54, 1.807) is 32.3 Å². The molecule has 0 radical (unpaired) electrons. The number of imidazole rings is 1. The van der Waals surface area contributed by atoms with Gasteiger partial charge in [0.05, 0.1) is 11.3 Å². The maximum atomic E-state index is 12.2. The molecule has 104 valence electrons. The number of nitriles is 2. The van der Waals surface area contributed by atoms with Crippen LogP contribution < -0.4 is 5.73 Å². The van der Waals surface area contributed by atoms with E-state index in [4.69, 9.17) is 11.0 Å². The van der Waals surface area contributed by atoms with Crippen LogP contribution in [-0.2, 0) is 0 Å². The van der Waals surface area contributed by atoms with E-state index in [-0.39, 0.29) is 17.3 Å². The Balaban J connectivity index is 2.73. The second-order valence-electron chi connectivity index (χ2n) is 4.51. The standard InChI is InChI=1S/C14H12N6O/c1-19(2)14(21)10-4-3-9(17)5-12(10)20-8-18-11(6-15)13(20)7-16/h3-5,8H,17H2,1-2H3. The molecule has 1 aromatic carbocycles. The van der Waals surface area contributed by atoms with Gasteiger partial charge in [-0.05, 0) is 18.2 Å². The lowest BCUT2D eigenvalue weighted by Gasteiger charge is -2.15. The van der Waals surface area contributed by atoms with Crippen LogP contribution in [0.5, 0.6) is 0 Å². The van der Waals surface area contributed by atoms with Crippen LogP contribution >= 0.6 is 0 Å². The van der Waals surface area contributed by atoms with Crippen molar-refractivity contribution in [2.24, 2.45) is 0 Å². The zero-order valence-electron chi connectivity index (χ0n) is 11.5. The van der Waals surface area contributed by atoms with Gasteiger partial charge >= 0.3 is 0 Å². The summed E-state index contributed by atoms with van der Waals surface area (Å²) in [5.74, 6) is -0.235. The molecule has 0 saturated heterocycles. The predicted octanol–water partition coefficient (Wildman–Crippen LogP) is 0.900. The molecule has 0 aliphatic heterocycles. The molecular weight excluding hydrogens is 268 g/mol. The summed E-state index contributed by atoms with van der Waals surface area (Å²) in [6.07, 6.45) is 1.33. The van der Waals surface area contributed by atoms with Gasteiger partial charge in [0.2, 0.25) is 0 Å². The number of hydrogen-bond donors (Lipinski definition) is 1. The number of benzene rings is 1. The first-order valence-corrected chi connectivity index (χ1v) is 5.98. The summed E-state index contributed by atoms with van der Waals surface area (Å²) in [7, 11) is 3.25. The summed E-state index contributed by atoms with van der Waals surface area (Å²) >= 11 is 0. The van der Waals surface area contributed by atoms with Crippen LogP contribution in [0.3, 0.4) is 0 Å². The van der Waals surface area contributed by atoms with Crippen molar-refractivity contribution in [3.63, 3.8) is 0 Å². The minimum absolute atomic E-state index is 0.00294. The monoisotopic (exact) mass is 280 g/mol. The van der Waals surface area contributed by atoms with Crippen molar-refractivity contribution in [1.29, 1.82) is 10.5 Å². The summed E-state index contributed by atoms with van der Waals surface area (Å²) in [4.78, 5) is 17.5. The first-order chi connectivity index (χ1) is 9.99. The van der Waals surface area contributed by atoms with Crippen molar-refractivity contribution in [3.8, 4) is 17.8 Å². The number of rotatable bonds is 2. The topological polar surface area (TPSA) is 112 Å². The number of hydrogen-bond acceptors (Lipinski definition) is 5. The Hall–Kier alpha value is -3.32. The van der Waals surface area contributed by atoms with Crippen LogP contribution in [0, 0.1) is 22.7 Å². The fraction of sp³-hybridized carbons (Fsp3) is 0.143. The quantitative estimate of drug-likeness (QED) is 0.821. The van der Waals surface area contributed by atoms with Crippen molar-refractivity contribution in [2.45, 2.75) is 0 Å². The van der Waals surface area contributed by atoms with E-state index in [9.17, 15) is 10.1 Å². The Morgan fingerprint density at radius 1 is 1.33 bits per heavy atom. The molecule has 0 aliphatic rings. The third-order valence-electron chi connectivity index (χ3n) is 2.90. The van der Waals surface area contributed by atoms with Crippen LogP contribution in [0.1, 0.15) is 21.7 Å². The fourth-order valence-corrected chi connectivity index (χ4v) is 1.89. The minimum Gasteiger partial charge on any atom is -0.399 e. The van der Waals surface area contributed by atoms with E-state index >= 15 is 0 Å². The van der Waals surface area contributed by atoms with E-state index in [0.29, 0.717) is 16.9 Å². The van der Waals surface area contributed by atoms with Crippen LogP contribution in [0.2, 0.25) is 0 Å². The molecule has 0 atom stereocenters. The molecule has 0 bridgehead atoms. The summed E-state index contributed by atoms with van der Waals surface area (Å²) in [5.41, 5.74) is 7.06. The molecule has 2 N–H and O–H groups in total. The molecule has 1 heterocycles. The second-order valence-corrected chi connectivity index (χ2v) is 4.51. The van der Waals surface area contributed by atoms with E-state index in [1.165, 1.54) is 15.8 Å². The molecule has 7 heteroatoms. The lowest BCUT2D eigenvalue weighted by atomic mass is 10.1. The van der Waals surface area contributed by atoms with Gasteiger partial charge in [-0.2, -0.15) is 10.5 Å². The van der Waals surface area contributed by atoms with Gasteiger partial charge in [-0.1, -0.05) is 0 Å². The molecule has 0 fully saturated rings. The summed E-state index contributed by atoms with van der Waals surface area (Å²) in [5, 5.41) is 18.2. The Morgan fingerprint density at radius 2 is 2.05 bits per heavy atom. The molecular formula is C14H12N6O. The molecule has 1 amide bonds. The van der Waals surface area contributed by atoms with E-state index in [0.717, 1.165) is 0 Å². The van der Waals surface area contributed by atoms with Crippen molar-refractivity contribution in [3.05, 3.63) is 41.5 Å². The van der Waals surface area contributed by atoms with E-state index < -0.39 is 0 Å². The normalized spacial score (nSPS) is 9.71. The highest BCUT2D eigenvalue weighted by Gasteiger charge is 2.19. The van der Waals surface area contributed by atoms with E-state index in [1.807, 2.05) is 12.1 Å². The number of aromatic nitrogens is 2. The van der Waals surface area contributed by atoms with Gasteiger partial charge < -0.3 is 10.6 Å². The zero-order valence-corrected chi connectivity index (χ0v) is 11.5. The number of anilines is 1. The lowest BCUT2D eigenvalue weighted by Crippen LogP contribution is -2.23. The van der Waals surface area contributed by atoms with Gasteiger partial charge in [-0.25, -0.2) is 4.98 Å². The highest BCUT2D eigenvalue weighted by molar-refractivity contribution is 5.98. The lowest BCUT2D eigenvalue weighted by molar-refractivity contribution is 0.0827. The van der Waals surface area contributed by atoms with Gasteiger partial charge in [0.1, 0.15) is 18.5 Å². The molecule has 0 spiro atoms. The van der Waals surface area contributed by atoms with Crippen molar-refractivity contribution in [1.82, 2.24) is 14.5 Å². The van der Waals surface area contributed by atoms with Gasteiger partial charge in [0.25, 0.3) is 5.91 Å². The van der Waals surface area contributed by atoms with Crippen LogP contribution in [-0.4, -0.2) is 34.5 Å². The Morgan fingerprint density at radius 3 is 2.62 bits per heavy atom. The van der Waals surface area contributed by atoms with Crippen LogP contribution in [0.4, 0.5) is 5.69 Å². The minimum atomic E-state index is -0.235. The zero-order chi connectivity index (χ0) is 15.6. The number of nitrogen functional groups attached to an aromatic ring is 1. The first kappa shape index (κ1) is 14.1. The molecule has 0 aliphatic carbocycles. The molecule has 0 unspecified atom stereocenters. The molecule has 7 nitrogen and oxygen atoms in total. The smallest absolute Gasteiger partial charge is 0.255 e.